The van der Waals surface area contributed by atoms with E-state index in [1.54, 1.807) is 0 Å². The Labute approximate surface area is 380 Å². The molecule has 0 aliphatic heterocycles. The molecule has 0 bridgehead atoms. The van der Waals surface area contributed by atoms with Gasteiger partial charge in [-0.1, -0.05) is 142 Å². The van der Waals surface area contributed by atoms with Crippen molar-refractivity contribution in [3.63, 3.8) is 0 Å². The van der Waals surface area contributed by atoms with E-state index in [1.165, 1.54) is 103 Å². The number of unbranched alkanes of at least 4 members (excludes halogenated alkanes) is 20. The van der Waals surface area contributed by atoms with E-state index in [0.29, 0.717) is 17.4 Å². The molecular weight excluding hydrogens is 943 g/mol. The molecule has 2 unspecified atom stereocenters. The topological polar surface area (TPSA) is 111 Å². The molecular formula is C42H72F14NO8P. The molecule has 0 aliphatic rings. The highest BCUT2D eigenvalue weighted by Gasteiger charge is 2.91. The molecule has 0 saturated carbocycles. The number of esters is 2. The van der Waals surface area contributed by atoms with Crippen molar-refractivity contribution < 1.29 is 104 Å². The van der Waals surface area contributed by atoms with E-state index < -0.39 is 62.5 Å². The molecule has 0 radical (unpaired) electrons. The highest BCUT2D eigenvalue weighted by atomic mass is 31.2. The maximum Gasteiger partial charge on any atom is 0.460 e. The van der Waals surface area contributed by atoms with E-state index in [0.717, 1.165) is 32.1 Å². The van der Waals surface area contributed by atoms with Crippen LogP contribution in [0.4, 0.5) is 61.5 Å². The maximum absolute atomic E-state index is 12.6. The fourth-order valence-corrected chi connectivity index (χ4v) is 6.60. The molecule has 0 aromatic carbocycles. The van der Waals surface area contributed by atoms with Gasteiger partial charge in [0.25, 0.3) is 7.82 Å². The molecule has 2 atom stereocenters. The number of rotatable bonds is 37. The van der Waals surface area contributed by atoms with Gasteiger partial charge in [-0.05, 0) is 12.8 Å². The fourth-order valence-electron chi connectivity index (χ4n) is 5.87. The van der Waals surface area contributed by atoms with Gasteiger partial charge >= 0.3 is 48.0 Å². The van der Waals surface area contributed by atoms with Crippen molar-refractivity contribution in [1.82, 2.24) is 0 Å². The van der Waals surface area contributed by atoms with Gasteiger partial charge in [0.05, 0.1) is 27.7 Å². The molecule has 24 heteroatoms. The van der Waals surface area contributed by atoms with E-state index >= 15 is 0 Å². The molecule has 0 aromatic heterocycles. The van der Waals surface area contributed by atoms with Crippen molar-refractivity contribution in [2.45, 2.75) is 210 Å². The molecule has 0 N–H and O–H groups in total. The minimum atomic E-state index is -8.04. The summed E-state index contributed by atoms with van der Waals surface area (Å²) in [5, 5.41) is 0. The first-order valence-corrected chi connectivity index (χ1v) is 24.1. The third-order valence-electron chi connectivity index (χ3n) is 10.0. The Hall–Kier alpha value is -1.97. The number of phosphoric acid groups is 1. The normalized spacial score (nSPS) is 14.6. The lowest BCUT2D eigenvalue weighted by Gasteiger charge is -2.37. The molecule has 0 amide bonds. The van der Waals surface area contributed by atoms with Crippen LogP contribution in [0.3, 0.4) is 0 Å². The van der Waals surface area contributed by atoms with Crippen LogP contribution in [-0.2, 0) is 32.7 Å². The van der Waals surface area contributed by atoms with Gasteiger partial charge < -0.3 is 27.9 Å². The summed E-state index contributed by atoms with van der Waals surface area (Å²) in [4.78, 5) is 37.2. The maximum atomic E-state index is 12.6. The lowest BCUT2D eigenvalue weighted by Crippen LogP contribution is -2.69. The van der Waals surface area contributed by atoms with Crippen molar-refractivity contribution in [1.29, 1.82) is 0 Å². The largest absolute Gasteiger partial charge is 0.756 e. The number of ether oxygens (including phenoxy) is 2. The van der Waals surface area contributed by atoms with E-state index in [4.69, 9.17) is 18.5 Å². The van der Waals surface area contributed by atoms with E-state index in [9.17, 15) is 80.5 Å². The summed E-state index contributed by atoms with van der Waals surface area (Å²) >= 11 is 0. The zero-order valence-electron chi connectivity index (χ0n) is 38.8. The number of phosphoric ester groups is 1. The first kappa shape index (κ1) is 66.1. The molecule has 66 heavy (non-hydrogen) atoms. The number of halogens is 14. The van der Waals surface area contributed by atoms with Crippen LogP contribution in [0.15, 0.2) is 0 Å². The minimum absolute atomic E-state index is 0.0263. The van der Waals surface area contributed by atoms with Gasteiger partial charge in [-0.3, -0.25) is 14.2 Å². The Morgan fingerprint density at radius 3 is 1.12 bits per heavy atom. The van der Waals surface area contributed by atoms with Gasteiger partial charge in [-0.2, -0.15) is 61.5 Å². The van der Waals surface area contributed by atoms with Crippen LogP contribution in [0.25, 0.3) is 0 Å². The predicted molar refractivity (Wildman–Crippen MR) is 217 cm³/mol. The monoisotopic (exact) mass is 1020 g/mol. The molecule has 396 valence electrons. The van der Waals surface area contributed by atoms with Crippen molar-refractivity contribution in [3.05, 3.63) is 0 Å². The number of nitrogens with zero attached hydrogens (tertiary/aromatic N) is 1. The molecule has 0 aliphatic carbocycles. The first-order valence-electron chi connectivity index (χ1n) is 22.6. The van der Waals surface area contributed by atoms with Gasteiger partial charge in [0.1, 0.15) is 19.8 Å². The predicted octanol–water partition coefficient (Wildman–Crippen LogP) is 13.7. The quantitative estimate of drug-likeness (QED) is 0.0199. The van der Waals surface area contributed by atoms with Gasteiger partial charge in [0.15, 0.2) is 6.10 Å². The molecule has 0 spiro atoms. The number of hydrogen-bond acceptors (Lipinski definition) is 8. The van der Waals surface area contributed by atoms with Crippen LogP contribution in [0.5, 0.6) is 0 Å². The van der Waals surface area contributed by atoms with E-state index in [-0.39, 0.29) is 32.0 Å². The minimum Gasteiger partial charge on any atom is -0.756 e. The summed E-state index contributed by atoms with van der Waals surface area (Å²) in [6.45, 7) is 4.21. The van der Waals surface area contributed by atoms with Gasteiger partial charge in [-0.25, -0.2) is 0 Å². The van der Waals surface area contributed by atoms with Crippen LogP contribution < -0.4 is 4.89 Å². The zero-order valence-corrected chi connectivity index (χ0v) is 39.7. The summed E-state index contributed by atoms with van der Waals surface area (Å²) in [5.41, 5.74) is 0. The van der Waals surface area contributed by atoms with Crippen LogP contribution in [0.2, 0.25) is 0 Å². The number of likely N-dealkylation sites (N-methyl/N-ethyl adjacent to an activating group) is 1. The number of alkyl halides is 14. The second kappa shape index (κ2) is 32.0. The van der Waals surface area contributed by atoms with Crippen LogP contribution >= 0.6 is 7.82 Å². The second-order valence-corrected chi connectivity index (χ2v) is 18.7. The molecule has 0 aromatic rings. The van der Waals surface area contributed by atoms with Crippen molar-refractivity contribution >= 4 is 19.8 Å². The number of hydrogen-bond donors (Lipinski definition) is 0. The lowest BCUT2D eigenvalue weighted by molar-refractivity contribution is -0.870. The van der Waals surface area contributed by atoms with Crippen molar-refractivity contribution in [2.75, 3.05) is 47.5 Å². The Morgan fingerprint density at radius 1 is 0.485 bits per heavy atom. The highest BCUT2D eigenvalue weighted by Crippen LogP contribution is 2.60. The van der Waals surface area contributed by atoms with E-state index in [2.05, 4.69) is 13.8 Å². The third kappa shape index (κ3) is 27.3. The number of carbonyl (C=O) groups is 2. The Balaban J connectivity index is 0. The van der Waals surface area contributed by atoms with E-state index in [1.807, 2.05) is 21.1 Å². The molecule has 0 fully saturated rings. The number of carbonyl (C=O) groups excluding carboxylic acids is 2. The molecule has 0 saturated heterocycles. The molecule has 0 heterocycles. The Bertz CT molecular complexity index is 1310. The SMILES string of the molecule is CCCCCCCCCCCCCC(=O)OCC(COP(=O)([O-])OCC[N+](C)(C)C)OC(=O)CCCCCCCCCCCCC.FC(F)(F)C(F)(F)C(F)(F)C(F)(F)C(F)(F)C(F)(F)F. The van der Waals surface area contributed by atoms with Gasteiger partial charge in [0.2, 0.25) is 0 Å². The average Bonchev–Trinajstić information content (AvgIpc) is 3.18. The van der Waals surface area contributed by atoms with Crippen molar-refractivity contribution in [2.24, 2.45) is 0 Å². The second-order valence-electron chi connectivity index (χ2n) is 17.2. The third-order valence-corrected chi connectivity index (χ3v) is 11.0. The molecule has 9 nitrogen and oxygen atoms in total. The summed E-state index contributed by atoms with van der Waals surface area (Å²) < 4.78 is 200. The summed E-state index contributed by atoms with van der Waals surface area (Å²) in [6.07, 6.45) is 10.6. The number of quaternary nitrogens is 1. The Morgan fingerprint density at radius 2 is 0.803 bits per heavy atom. The standard InChI is InChI=1S/C36H72NO8P.C6F14/c1-6-8-10-12-14-16-18-20-22-24-26-28-35(38)42-32-34(33-44-46(40,41)43-31-30-37(3,4)5)45-36(39)29-27-25-23-21-19-17-15-13-11-9-7-2;7-1(8,3(11,12)5(15,16)17)2(9,10)4(13,14)6(18,19)20/h34H,6-33H2,1-5H3;. The smallest absolute Gasteiger partial charge is 0.460 e. The summed E-state index contributed by atoms with van der Waals surface area (Å²) in [6, 6.07) is 0. The van der Waals surface area contributed by atoms with Crippen molar-refractivity contribution in [3.8, 4) is 0 Å². The zero-order chi connectivity index (χ0) is 51.4. The van der Waals surface area contributed by atoms with Crippen LogP contribution in [-0.4, -0.2) is 106 Å². The first-order chi connectivity index (χ1) is 30.2. The average molecular weight is 1020 g/mol. The summed E-state index contributed by atoms with van der Waals surface area (Å²) in [5.74, 6) is -32.6. The van der Waals surface area contributed by atoms with Gasteiger partial charge in [0, 0.05) is 12.8 Å². The van der Waals surface area contributed by atoms with Gasteiger partial charge in [-0.15, -0.1) is 0 Å². The van der Waals surface area contributed by atoms with Crippen LogP contribution in [0, 0.1) is 0 Å². The van der Waals surface area contributed by atoms with Crippen LogP contribution in [0.1, 0.15) is 168 Å². The fraction of sp³-hybridized carbons (Fsp3) is 0.952. The highest BCUT2D eigenvalue weighted by molar-refractivity contribution is 7.45. The summed E-state index contributed by atoms with van der Waals surface area (Å²) in [7, 11) is 1.18. The molecule has 0 rings (SSSR count). The Kier molecular flexibility index (Phi) is 32.1. The lowest BCUT2D eigenvalue weighted by atomic mass is 9.98.